The van der Waals surface area contributed by atoms with Gasteiger partial charge in [0.1, 0.15) is 17.2 Å². The molecular weight excluding hydrogens is 434 g/mol. The van der Waals surface area contributed by atoms with Crippen LogP contribution in [0.15, 0.2) is 39.6 Å². The number of rotatable bonds is 3. The minimum Gasteiger partial charge on any atom is -0.340 e. The maximum absolute atomic E-state index is 14.1. The zero-order valence-corrected chi connectivity index (χ0v) is 15.8. The van der Waals surface area contributed by atoms with E-state index >= 15 is 0 Å². The molecule has 0 saturated heterocycles. The molecule has 1 aromatic heterocycles. The fraction of sp³-hybridized carbons (Fsp3) is 0.0588. The Labute approximate surface area is 160 Å². The van der Waals surface area contributed by atoms with Crippen LogP contribution in [0.25, 0.3) is 10.9 Å². The Morgan fingerprint density at radius 3 is 2.60 bits per heavy atom. The molecule has 1 heterocycles. The topological polar surface area (TPSA) is 62.0 Å². The third-order valence-electron chi connectivity index (χ3n) is 3.60. The van der Waals surface area contributed by atoms with Gasteiger partial charge in [0.05, 0.1) is 21.6 Å². The Kier molecular flexibility index (Phi) is 4.86. The lowest BCUT2D eigenvalue weighted by atomic mass is 10.1. The zero-order valence-electron chi connectivity index (χ0n) is 12.7. The Hall–Kier alpha value is -1.89. The summed E-state index contributed by atoms with van der Waals surface area (Å²) < 4.78 is 14.7. The molecule has 0 unspecified atom stereocenters. The van der Waals surface area contributed by atoms with Gasteiger partial charge in [0.25, 0.3) is 0 Å². The second-order valence-electron chi connectivity index (χ2n) is 5.29. The zero-order chi connectivity index (χ0) is 18.3. The minimum absolute atomic E-state index is 0.0695. The van der Waals surface area contributed by atoms with Gasteiger partial charge in [0, 0.05) is 9.50 Å². The number of Topliss-reactive ketones (excluding diaryl/α,β-unsaturated/α-hetero) is 1. The van der Waals surface area contributed by atoms with Crippen molar-refractivity contribution >= 4 is 67.3 Å². The van der Waals surface area contributed by atoms with Crippen LogP contribution in [0.2, 0.25) is 10.0 Å². The van der Waals surface area contributed by atoms with Crippen molar-refractivity contribution in [2.45, 2.75) is 6.92 Å². The molecule has 25 heavy (non-hydrogen) atoms. The van der Waals surface area contributed by atoms with Crippen LogP contribution in [0.5, 0.6) is 0 Å². The van der Waals surface area contributed by atoms with Gasteiger partial charge in [-0.05, 0) is 53.2 Å². The number of benzene rings is 2. The van der Waals surface area contributed by atoms with E-state index in [1.54, 1.807) is 12.1 Å². The number of aromatic nitrogens is 1. The molecule has 0 aliphatic heterocycles. The molecule has 2 aromatic carbocycles. The lowest BCUT2D eigenvalue weighted by Gasteiger charge is -2.14. The molecule has 4 nitrogen and oxygen atoms in total. The van der Waals surface area contributed by atoms with Gasteiger partial charge in [0.15, 0.2) is 5.78 Å². The summed E-state index contributed by atoms with van der Waals surface area (Å²) in [5, 5.41) is 3.39. The van der Waals surface area contributed by atoms with Crippen molar-refractivity contribution in [1.82, 2.24) is 4.98 Å². The Bertz CT molecular complexity index is 1080. The third-order valence-corrected chi connectivity index (χ3v) is 4.81. The maximum Gasteiger partial charge on any atom is 0.203 e. The predicted octanol–water partition coefficient (Wildman–Crippen LogP) is 5.68. The molecule has 0 atom stereocenters. The van der Waals surface area contributed by atoms with E-state index < -0.39 is 17.0 Å². The molecule has 3 aromatic rings. The van der Waals surface area contributed by atoms with Crippen molar-refractivity contribution in [3.8, 4) is 0 Å². The molecule has 3 rings (SSSR count). The van der Waals surface area contributed by atoms with Crippen LogP contribution in [0.3, 0.4) is 0 Å². The highest BCUT2D eigenvalue weighted by atomic mass is 79.9. The van der Waals surface area contributed by atoms with Crippen LogP contribution in [-0.4, -0.2) is 10.8 Å². The van der Waals surface area contributed by atoms with Gasteiger partial charge in [-0.1, -0.05) is 23.2 Å². The van der Waals surface area contributed by atoms with Gasteiger partial charge in [0.2, 0.25) is 5.43 Å². The fourth-order valence-corrected chi connectivity index (χ4v) is 3.31. The van der Waals surface area contributed by atoms with Crippen LogP contribution in [0.4, 0.5) is 15.9 Å². The number of halogens is 4. The van der Waals surface area contributed by atoms with E-state index in [4.69, 9.17) is 23.2 Å². The number of ketones is 1. The average Bonchev–Trinajstić information content (AvgIpc) is 2.53. The van der Waals surface area contributed by atoms with Crippen molar-refractivity contribution in [1.29, 1.82) is 0 Å². The first kappa shape index (κ1) is 17.9. The Balaban J connectivity index is 2.30. The number of nitrogens with one attached hydrogen (secondary N) is 2. The summed E-state index contributed by atoms with van der Waals surface area (Å²) in [4.78, 5) is 27.8. The number of aromatic amines is 1. The van der Waals surface area contributed by atoms with Crippen LogP contribution in [0, 0.1) is 5.82 Å². The summed E-state index contributed by atoms with van der Waals surface area (Å²) in [6, 6.07) is 7.26. The van der Waals surface area contributed by atoms with Crippen molar-refractivity contribution in [3.63, 3.8) is 0 Å². The highest BCUT2D eigenvalue weighted by Crippen LogP contribution is 2.30. The summed E-state index contributed by atoms with van der Waals surface area (Å²) in [7, 11) is 0. The van der Waals surface area contributed by atoms with Crippen molar-refractivity contribution in [3.05, 3.63) is 66.5 Å². The second-order valence-corrected chi connectivity index (χ2v) is 6.99. The molecule has 0 fully saturated rings. The van der Waals surface area contributed by atoms with E-state index in [0.717, 1.165) is 6.07 Å². The van der Waals surface area contributed by atoms with Gasteiger partial charge in [-0.3, -0.25) is 9.59 Å². The molecule has 8 heteroatoms. The predicted molar refractivity (Wildman–Crippen MR) is 102 cm³/mol. The van der Waals surface area contributed by atoms with Crippen LogP contribution in [0.1, 0.15) is 17.3 Å². The summed E-state index contributed by atoms with van der Waals surface area (Å²) in [5.41, 5.74) is -0.203. The molecule has 0 spiro atoms. The summed E-state index contributed by atoms with van der Waals surface area (Å²) >= 11 is 15.2. The lowest BCUT2D eigenvalue weighted by Crippen LogP contribution is -2.18. The van der Waals surface area contributed by atoms with Crippen LogP contribution < -0.4 is 10.7 Å². The quantitative estimate of drug-likeness (QED) is 0.511. The van der Waals surface area contributed by atoms with Crippen molar-refractivity contribution in [2.75, 3.05) is 5.32 Å². The largest absolute Gasteiger partial charge is 0.340 e. The van der Waals surface area contributed by atoms with E-state index in [2.05, 4.69) is 26.2 Å². The van der Waals surface area contributed by atoms with Gasteiger partial charge >= 0.3 is 0 Å². The van der Waals surface area contributed by atoms with Gasteiger partial charge < -0.3 is 10.3 Å². The minimum atomic E-state index is -0.617. The number of pyridine rings is 1. The molecule has 128 valence electrons. The number of H-pyrrole nitrogens is 1. The monoisotopic (exact) mass is 442 g/mol. The molecule has 0 radical (unpaired) electrons. The number of anilines is 2. The molecule has 2 N–H and O–H groups in total. The summed E-state index contributed by atoms with van der Waals surface area (Å²) in [6.07, 6.45) is 0. The summed E-state index contributed by atoms with van der Waals surface area (Å²) in [6.45, 7) is 1.26. The van der Waals surface area contributed by atoms with Crippen LogP contribution >= 0.6 is 39.1 Å². The fourth-order valence-electron chi connectivity index (χ4n) is 2.48. The number of hydrogen-bond donors (Lipinski definition) is 2. The molecular formula is C17H10BrCl2FN2O2. The molecule has 0 aliphatic rings. The van der Waals surface area contributed by atoms with Crippen molar-refractivity contribution < 1.29 is 9.18 Å². The van der Waals surface area contributed by atoms with E-state index in [0.29, 0.717) is 9.99 Å². The third kappa shape index (κ3) is 3.29. The number of hydrogen-bond acceptors (Lipinski definition) is 3. The number of carbonyl (C=O) groups is 1. The first-order valence-electron chi connectivity index (χ1n) is 7.06. The van der Waals surface area contributed by atoms with E-state index in [1.807, 2.05) is 0 Å². The summed E-state index contributed by atoms with van der Waals surface area (Å²) in [5.74, 6) is -1.02. The van der Waals surface area contributed by atoms with Gasteiger partial charge in [-0.2, -0.15) is 0 Å². The standard InChI is InChI=1S/C17H10BrCl2FN2O2/c1-7(24)13-16(25)14-10(20)4-3-9(18)15(14)23-17(13)22-12-5-2-8(19)6-11(12)21/h2-6H,1H3,(H2,22,23,25). The first-order valence-corrected chi connectivity index (χ1v) is 8.61. The maximum atomic E-state index is 14.1. The second kappa shape index (κ2) is 6.78. The normalized spacial score (nSPS) is 10.9. The Morgan fingerprint density at radius 1 is 1.24 bits per heavy atom. The smallest absolute Gasteiger partial charge is 0.203 e. The first-order chi connectivity index (χ1) is 11.8. The lowest BCUT2D eigenvalue weighted by molar-refractivity contribution is 0.101. The Morgan fingerprint density at radius 2 is 1.96 bits per heavy atom. The molecule has 0 bridgehead atoms. The highest BCUT2D eigenvalue weighted by molar-refractivity contribution is 9.10. The van der Waals surface area contributed by atoms with Crippen molar-refractivity contribution in [2.24, 2.45) is 0 Å². The molecule has 0 saturated carbocycles. The average molecular weight is 444 g/mol. The van der Waals surface area contributed by atoms with E-state index in [1.165, 1.54) is 19.1 Å². The molecule has 0 aliphatic carbocycles. The van der Waals surface area contributed by atoms with Gasteiger partial charge in [-0.15, -0.1) is 0 Å². The number of fused-ring (bicyclic) bond motifs is 1. The molecule has 0 amide bonds. The highest BCUT2D eigenvalue weighted by Gasteiger charge is 2.20. The van der Waals surface area contributed by atoms with E-state index in [9.17, 15) is 14.0 Å². The number of carbonyl (C=O) groups excluding carboxylic acids is 1. The SMILES string of the molecule is CC(=O)c1c(Nc2ccc(Cl)cc2F)[nH]c2c(Br)ccc(Cl)c2c1=O. The van der Waals surface area contributed by atoms with E-state index in [-0.39, 0.29) is 32.5 Å². The van der Waals surface area contributed by atoms with Crippen LogP contribution in [-0.2, 0) is 0 Å². The van der Waals surface area contributed by atoms with Gasteiger partial charge in [-0.25, -0.2) is 4.39 Å².